The van der Waals surface area contributed by atoms with E-state index in [1.54, 1.807) is 42.2 Å². The highest BCUT2D eigenvalue weighted by Crippen LogP contribution is 2.32. The summed E-state index contributed by atoms with van der Waals surface area (Å²) < 4.78 is 32.5. The lowest BCUT2D eigenvalue weighted by atomic mass is 10.1. The Hall–Kier alpha value is -4.51. The minimum absolute atomic E-state index is 0.106. The first-order chi connectivity index (χ1) is 18.0. The lowest BCUT2D eigenvalue weighted by molar-refractivity contribution is 0.0115. The molecular formula is C26H20F2N8O. The molecule has 7 rings (SSSR count). The monoisotopic (exact) mass is 498 g/mol. The van der Waals surface area contributed by atoms with Crippen molar-refractivity contribution in [1.82, 2.24) is 40.0 Å². The van der Waals surface area contributed by atoms with Crippen LogP contribution in [0.2, 0.25) is 0 Å². The molecule has 0 atom stereocenters. The maximum absolute atomic E-state index is 13.6. The van der Waals surface area contributed by atoms with Crippen molar-refractivity contribution in [2.75, 3.05) is 13.1 Å². The van der Waals surface area contributed by atoms with Gasteiger partial charge in [0, 0.05) is 66.6 Å². The number of imidazole rings is 1. The summed E-state index contributed by atoms with van der Waals surface area (Å²) in [5, 5.41) is 8.22. The smallest absolute Gasteiger partial charge is 0.261 e. The van der Waals surface area contributed by atoms with Crippen LogP contribution in [-0.2, 0) is 6.54 Å². The lowest BCUT2D eigenvalue weighted by Crippen LogP contribution is -2.24. The van der Waals surface area contributed by atoms with Gasteiger partial charge in [0.1, 0.15) is 11.2 Å². The highest BCUT2D eigenvalue weighted by molar-refractivity contribution is 5.95. The average Bonchev–Trinajstić information content (AvgIpc) is 3.69. The molecule has 1 fully saturated rings. The molecule has 0 radical (unpaired) electrons. The first-order valence-corrected chi connectivity index (χ1v) is 11.8. The summed E-state index contributed by atoms with van der Waals surface area (Å²) in [6, 6.07) is 7.71. The van der Waals surface area contributed by atoms with Crippen molar-refractivity contribution in [2.45, 2.75) is 18.9 Å². The Kier molecular flexibility index (Phi) is 4.86. The van der Waals surface area contributed by atoms with E-state index in [0.717, 1.165) is 33.2 Å². The third kappa shape index (κ3) is 3.93. The lowest BCUT2D eigenvalue weighted by Gasteiger charge is -2.15. The Labute approximate surface area is 208 Å². The fourth-order valence-electron chi connectivity index (χ4n) is 4.85. The van der Waals surface area contributed by atoms with Crippen LogP contribution in [0.4, 0.5) is 8.78 Å². The van der Waals surface area contributed by atoms with Gasteiger partial charge in [-0.2, -0.15) is 5.10 Å². The molecular weight excluding hydrogens is 478 g/mol. The zero-order valence-corrected chi connectivity index (χ0v) is 19.4. The van der Waals surface area contributed by atoms with Crippen LogP contribution in [0.1, 0.15) is 12.0 Å². The zero-order chi connectivity index (χ0) is 25.0. The van der Waals surface area contributed by atoms with Crippen LogP contribution in [0.15, 0.2) is 66.0 Å². The number of alkyl halides is 2. The van der Waals surface area contributed by atoms with Crippen molar-refractivity contribution in [3.8, 4) is 33.8 Å². The molecule has 7 heterocycles. The van der Waals surface area contributed by atoms with Gasteiger partial charge in [-0.1, -0.05) is 0 Å². The number of likely N-dealkylation sites (tertiary alicyclic amines) is 1. The molecule has 0 saturated carbocycles. The number of hydrogen-bond acceptors (Lipinski definition) is 7. The largest absolute Gasteiger partial charge is 0.472 e. The maximum Gasteiger partial charge on any atom is 0.261 e. The molecule has 0 spiro atoms. The van der Waals surface area contributed by atoms with Crippen LogP contribution in [0.3, 0.4) is 0 Å². The van der Waals surface area contributed by atoms with Gasteiger partial charge in [0.2, 0.25) is 0 Å². The van der Waals surface area contributed by atoms with E-state index in [1.165, 1.54) is 0 Å². The van der Waals surface area contributed by atoms with Gasteiger partial charge >= 0.3 is 0 Å². The van der Waals surface area contributed by atoms with E-state index >= 15 is 0 Å². The Morgan fingerprint density at radius 1 is 1.03 bits per heavy atom. The van der Waals surface area contributed by atoms with Gasteiger partial charge in [-0.3, -0.25) is 15.0 Å². The number of fused-ring (bicyclic) bond motifs is 2. The molecule has 0 aromatic carbocycles. The Bertz CT molecular complexity index is 1740. The number of aromatic amines is 2. The van der Waals surface area contributed by atoms with E-state index in [0.29, 0.717) is 41.4 Å². The van der Waals surface area contributed by atoms with Crippen molar-refractivity contribution in [3.05, 3.63) is 67.1 Å². The van der Waals surface area contributed by atoms with E-state index in [2.05, 4.69) is 30.1 Å². The molecule has 1 aliphatic heterocycles. The number of aromatic nitrogens is 7. The SMILES string of the molecule is FC1(F)CCN(Cc2cncc(-c3cnc4[nH]nc(-c5nc6c(-c7ccoc7)ccnc6[nH]5)c4c3)c2)C1. The van der Waals surface area contributed by atoms with Crippen molar-refractivity contribution >= 4 is 22.2 Å². The Balaban J connectivity index is 1.24. The number of H-pyrrole nitrogens is 2. The molecule has 184 valence electrons. The van der Waals surface area contributed by atoms with E-state index in [9.17, 15) is 8.78 Å². The van der Waals surface area contributed by atoms with Gasteiger partial charge in [-0.05, 0) is 29.8 Å². The van der Waals surface area contributed by atoms with E-state index < -0.39 is 5.92 Å². The van der Waals surface area contributed by atoms with Crippen LogP contribution in [0.5, 0.6) is 0 Å². The van der Waals surface area contributed by atoms with E-state index in [-0.39, 0.29) is 13.0 Å². The van der Waals surface area contributed by atoms with Crippen LogP contribution < -0.4 is 0 Å². The van der Waals surface area contributed by atoms with Crippen LogP contribution in [0.25, 0.3) is 56.0 Å². The fourth-order valence-corrected chi connectivity index (χ4v) is 4.85. The molecule has 6 aromatic heterocycles. The predicted molar refractivity (Wildman–Crippen MR) is 133 cm³/mol. The number of nitrogens with zero attached hydrogens (tertiary/aromatic N) is 6. The van der Waals surface area contributed by atoms with Gasteiger partial charge in [0.15, 0.2) is 17.1 Å². The van der Waals surface area contributed by atoms with Gasteiger partial charge in [0.25, 0.3) is 5.92 Å². The molecule has 0 amide bonds. The summed E-state index contributed by atoms with van der Waals surface area (Å²) in [5.41, 5.74) is 6.95. The number of pyridine rings is 3. The van der Waals surface area contributed by atoms with Gasteiger partial charge in [-0.15, -0.1) is 0 Å². The molecule has 11 heteroatoms. The van der Waals surface area contributed by atoms with Gasteiger partial charge in [0.05, 0.1) is 24.5 Å². The standard InChI is InChI=1S/C26H20F2N8O/c27-26(28)3-5-36(14-26)12-15-7-17(10-29-9-15)18-8-20-22(34-35-23(20)31-11-18)25-32-21-19(16-2-6-37-13-16)1-4-30-24(21)33-25/h1-2,4,6-11,13H,3,5,12,14H2,(H,30,32,33)(H,31,34,35). The van der Waals surface area contributed by atoms with Gasteiger partial charge in [-0.25, -0.2) is 23.7 Å². The predicted octanol–water partition coefficient (Wildman–Crippen LogP) is 5.06. The van der Waals surface area contributed by atoms with E-state index in [4.69, 9.17) is 9.40 Å². The molecule has 1 saturated heterocycles. The highest BCUT2D eigenvalue weighted by Gasteiger charge is 2.37. The number of rotatable bonds is 5. The normalized spacial score (nSPS) is 15.7. The summed E-state index contributed by atoms with van der Waals surface area (Å²) in [5.74, 6) is -2.06. The fraction of sp³-hybridized carbons (Fsp3) is 0.192. The number of halogens is 2. The summed E-state index contributed by atoms with van der Waals surface area (Å²) >= 11 is 0. The first kappa shape index (κ1) is 21.7. The molecule has 0 unspecified atom stereocenters. The van der Waals surface area contributed by atoms with Crippen LogP contribution >= 0.6 is 0 Å². The second kappa shape index (κ2) is 8.27. The van der Waals surface area contributed by atoms with Crippen LogP contribution in [0, 0.1) is 0 Å². The quantitative estimate of drug-likeness (QED) is 0.342. The van der Waals surface area contributed by atoms with Crippen molar-refractivity contribution in [3.63, 3.8) is 0 Å². The van der Waals surface area contributed by atoms with Crippen molar-refractivity contribution in [2.24, 2.45) is 0 Å². The Morgan fingerprint density at radius 3 is 2.78 bits per heavy atom. The summed E-state index contributed by atoms with van der Waals surface area (Å²) in [6.45, 7) is 0.573. The van der Waals surface area contributed by atoms with E-state index in [1.807, 2.05) is 24.3 Å². The third-order valence-electron chi connectivity index (χ3n) is 6.64. The third-order valence-corrected chi connectivity index (χ3v) is 6.64. The second-order valence-corrected chi connectivity index (χ2v) is 9.24. The number of nitrogens with one attached hydrogen (secondary N) is 2. The first-order valence-electron chi connectivity index (χ1n) is 11.8. The van der Waals surface area contributed by atoms with Crippen molar-refractivity contribution < 1.29 is 13.2 Å². The van der Waals surface area contributed by atoms with Crippen molar-refractivity contribution in [1.29, 1.82) is 0 Å². The topological polar surface area (TPSA) is 112 Å². The molecule has 2 N–H and O–H groups in total. The van der Waals surface area contributed by atoms with Crippen LogP contribution in [-0.4, -0.2) is 59.0 Å². The maximum atomic E-state index is 13.6. The minimum Gasteiger partial charge on any atom is -0.472 e. The summed E-state index contributed by atoms with van der Waals surface area (Å²) in [7, 11) is 0. The number of hydrogen-bond donors (Lipinski definition) is 2. The molecule has 37 heavy (non-hydrogen) atoms. The highest BCUT2D eigenvalue weighted by atomic mass is 19.3. The second-order valence-electron chi connectivity index (χ2n) is 9.24. The molecule has 1 aliphatic rings. The average molecular weight is 498 g/mol. The summed E-state index contributed by atoms with van der Waals surface area (Å²) in [6.07, 6.45) is 10.1. The molecule has 0 bridgehead atoms. The number of furan rings is 1. The van der Waals surface area contributed by atoms with Gasteiger partial charge < -0.3 is 9.40 Å². The molecule has 9 nitrogen and oxygen atoms in total. The molecule has 6 aromatic rings. The Morgan fingerprint density at radius 2 is 1.95 bits per heavy atom. The molecule has 0 aliphatic carbocycles. The zero-order valence-electron chi connectivity index (χ0n) is 19.4. The summed E-state index contributed by atoms with van der Waals surface area (Å²) in [4.78, 5) is 23.1. The minimum atomic E-state index is -2.62.